The van der Waals surface area contributed by atoms with Gasteiger partial charge in [-0.25, -0.2) is 4.79 Å². The molecule has 7 heteroatoms. The highest BCUT2D eigenvalue weighted by Gasteiger charge is 2.34. The molecule has 1 N–H and O–H groups in total. The summed E-state index contributed by atoms with van der Waals surface area (Å²) in [5, 5.41) is 2.56. The second-order valence-corrected chi connectivity index (χ2v) is 5.04. The van der Waals surface area contributed by atoms with Crippen LogP contribution in [0.25, 0.3) is 0 Å². The Morgan fingerprint density at radius 1 is 1.24 bits per heavy atom. The van der Waals surface area contributed by atoms with Gasteiger partial charge in [0.25, 0.3) is 0 Å². The van der Waals surface area contributed by atoms with Gasteiger partial charge in [-0.3, -0.25) is 14.4 Å². The minimum atomic E-state index is -0.843. The molecule has 0 bridgehead atoms. The summed E-state index contributed by atoms with van der Waals surface area (Å²) in [6.45, 7) is 0. The second-order valence-electron chi connectivity index (χ2n) is 5.04. The van der Waals surface area contributed by atoms with E-state index in [-0.39, 0.29) is 31.0 Å². The van der Waals surface area contributed by atoms with Crippen LogP contribution in [-0.2, 0) is 28.7 Å². The van der Waals surface area contributed by atoms with E-state index in [0.717, 1.165) is 0 Å². The maximum Gasteiger partial charge on any atom is 0.328 e. The van der Waals surface area contributed by atoms with Crippen LogP contribution in [0.5, 0.6) is 0 Å². The summed E-state index contributed by atoms with van der Waals surface area (Å²) >= 11 is 0. The summed E-state index contributed by atoms with van der Waals surface area (Å²) in [7, 11) is 2.48. The van der Waals surface area contributed by atoms with Gasteiger partial charge in [-0.1, -0.05) is 0 Å². The van der Waals surface area contributed by atoms with E-state index in [0.29, 0.717) is 19.3 Å². The Hall–Kier alpha value is -1.92. The van der Waals surface area contributed by atoms with Gasteiger partial charge in [-0.15, -0.1) is 0 Å². The van der Waals surface area contributed by atoms with Crippen molar-refractivity contribution >= 4 is 23.6 Å². The number of hydrogen-bond acceptors (Lipinski definition) is 6. The van der Waals surface area contributed by atoms with Gasteiger partial charge in [-0.05, 0) is 18.8 Å². The number of ketones is 1. The summed E-state index contributed by atoms with van der Waals surface area (Å²) in [6, 6.07) is -0.843. The Balaban J connectivity index is 2.61. The van der Waals surface area contributed by atoms with Crippen LogP contribution in [0.2, 0.25) is 0 Å². The first kappa shape index (κ1) is 17.1. The molecule has 0 unspecified atom stereocenters. The zero-order chi connectivity index (χ0) is 15.8. The zero-order valence-electron chi connectivity index (χ0n) is 12.3. The van der Waals surface area contributed by atoms with Gasteiger partial charge in [0.05, 0.1) is 20.6 Å². The molecule has 21 heavy (non-hydrogen) atoms. The highest BCUT2D eigenvalue weighted by atomic mass is 16.5. The smallest absolute Gasteiger partial charge is 0.328 e. The van der Waals surface area contributed by atoms with Crippen LogP contribution in [0, 0.1) is 5.92 Å². The number of carbonyl (C=O) groups excluding carboxylic acids is 4. The Labute approximate surface area is 123 Å². The van der Waals surface area contributed by atoms with E-state index in [1.807, 2.05) is 0 Å². The second kappa shape index (κ2) is 8.39. The lowest BCUT2D eigenvalue weighted by atomic mass is 9.83. The lowest BCUT2D eigenvalue weighted by Crippen LogP contribution is -2.48. The number of methoxy groups -OCH3 is 2. The van der Waals surface area contributed by atoms with Gasteiger partial charge in [0.2, 0.25) is 5.91 Å². The Morgan fingerprint density at radius 2 is 1.95 bits per heavy atom. The Morgan fingerprint density at radius 3 is 2.52 bits per heavy atom. The highest BCUT2D eigenvalue weighted by molar-refractivity contribution is 5.87. The van der Waals surface area contributed by atoms with Gasteiger partial charge < -0.3 is 14.8 Å². The Kier molecular flexibility index (Phi) is 6.84. The van der Waals surface area contributed by atoms with Crippen LogP contribution >= 0.6 is 0 Å². The number of amides is 1. The number of ether oxygens (including phenoxy) is 2. The van der Waals surface area contributed by atoms with Gasteiger partial charge in [0.1, 0.15) is 11.8 Å². The molecule has 118 valence electrons. The van der Waals surface area contributed by atoms with Crippen molar-refractivity contribution in [1.82, 2.24) is 5.32 Å². The summed E-state index contributed by atoms with van der Waals surface area (Å²) < 4.78 is 9.14. The van der Waals surface area contributed by atoms with Gasteiger partial charge >= 0.3 is 11.9 Å². The molecule has 0 aliphatic heterocycles. The molecule has 7 nitrogen and oxygen atoms in total. The van der Waals surface area contributed by atoms with Crippen molar-refractivity contribution in [2.75, 3.05) is 14.2 Å². The summed E-state index contributed by atoms with van der Waals surface area (Å²) in [4.78, 5) is 46.1. The molecule has 1 saturated carbocycles. The summed E-state index contributed by atoms with van der Waals surface area (Å²) in [5.41, 5.74) is 0. The van der Waals surface area contributed by atoms with E-state index in [9.17, 15) is 19.2 Å². The first-order valence-electron chi connectivity index (χ1n) is 6.93. The fourth-order valence-electron chi connectivity index (χ4n) is 2.40. The average molecular weight is 299 g/mol. The van der Waals surface area contributed by atoms with Crippen molar-refractivity contribution in [3.8, 4) is 0 Å². The fraction of sp³-hybridized carbons (Fsp3) is 0.714. The third kappa shape index (κ3) is 5.53. The van der Waals surface area contributed by atoms with E-state index in [2.05, 4.69) is 10.1 Å². The van der Waals surface area contributed by atoms with Crippen molar-refractivity contribution in [2.45, 2.75) is 44.6 Å². The third-order valence-electron chi connectivity index (χ3n) is 3.55. The number of hydrogen-bond donors (Lipinski definition) is 1. The predicted molar refractivity (Wildman–Crippen MR) is 72.2 cm³/mol. The van der Waals surface area contributed by atoms with Gasteiger partial charge in [-0.2, -0.15) is 0 Å². The van der Waals surface area contributed by atoms with E-state index in [1.165, 1.54) is 14.2 Å². The molecule has 0 saturated heterocycles. The van der Waals surface area contributed by atoms with Crippen molar-refractivity contribution in [2.24, 2.45) is 5.92 Å². The maximum absolute atomic E-state index is 11.8. The molecule has 1 amide bonds. The summed E-state index contributed by atoms with van der Waals surface area (Å²) in [6.07, 6.45) is 2.04. The molecular weight excluding hydrogens is 278 g/mol. The fourth-order valence-corrected chi connectivity index (χ4v) is 2.40. The lowest BCUT2D eigenvalue weighted by molar-refractivity contribution is -0.147. The van der Waals surface area contributed by atoms with Crippen molar-refractivity contribution in [3.05, 3.63) is 0 Å². The molecular formula is C14H21NO6. The molecule has 1 rings (SSSR count). The van der Waals surface area contributed by atoms with Gasteiger partial charge in [0.15, 0.2) is 0 Å². The topological polar surface area (TPSA) is 98.8 Å². The zero-order valence-corrected chi connectivity index (χ0v) is 12.3. The molecule has 2 atom stereocenters. The van der Waals surface area contributed by atoms with Crippen LogP contribution in [-0.4, -0.2) is 43.9 Å². The Bertz CT molecular complexity index is 420. The monoisotopic (exact) mass is 299 g/mol. The largest absolute Gasteiger partial charge is 0.469 e. The molecule has 0 radical (unpaired) electrons. The minimum Gasteiger partial charge on any atom is -0.469 e. The molecule has 0 spiro atoms. The van der Waals surface area contributed by atoms with E-state index >= 15 is 0 Å². The van der Waals surface area contributed by atoms with Crippen molar-refractivity contribution in [1.29, 1.82) is 0 Å². The summed E-state index contributed by atoms with van der Waals surface area (Å²) in [5.74, 6) is -1.66. The molecule has 0 aromatic carbocycles. The van der Waals surface area contributed by atoms with Crippen LogP contribution in [0.15, 0.2) is 0 Å². The first-order chi connectivity index (χ1) is 9.97. The predicted octanol–water partition coefficient (Wildman–Crippen LogP) is 0.357. The minimum absolute atomic E-state index is 0.0557. The number of Topliss-reactive ketones (excluding diaryl/α,β-unsaturated/α-hetero) is 1. The van der Waals surface area contributed by atoms with E-state index in [1.54, 1.807) is 0 Å². The normalized spacial score (nSPS) is 19.5. The molecule has 1 aliphatic rings. The van der Waals surface area contributed by atoms with Crippen LogP contribution < -0.4 is 5.32 Å². The molecule has 0 aromatic rings. The van der Waals surface area contributed by atoms with Crippen LogP contribution in [0.1, 0.15) is 38.5 Å². The standard InChI is InChI=1S/C14H21NO6/c1-20-12(18)7-6-11(17)15-13(14(19)21-2)9-4-3-5-10(16)8-9/h9,13H,3-8H2,1-2H3,(H,15,17)/t9-,13+/m0/s1. The van der Waals surface area contributed by atoms with E-state index < -0.39 is 23.9 Å². The van der Waals surface area contributed by atoms with Crippen LogP contribution in [0.3, 0.4) is 0 Å². The lowest BCUT2D eigenvalue weighted by Gasteiger charge is -2.28. The first-order valence-corrected chi connectivity index (χ1v) is 6.93. The highest BCUT2D eigenvalue weighted by Crippen LogP contribution is 2.25. The van der Waals surface area contributed by atoms with E-state index in [4.69, 9.17) is 4.74 Å². The SMILES string of the molecule is COC(=O)CCC(=O)N[C@@H](C(=O)OC)[C@H]1CCCC(=O)C1. The number of esters is 2. The van der Waals surface area contributed by atoms with Crippen molar-refractivity contribution in [3.63, 3.8) is 0 Å². The number of carbonyl (C=O) groups is 4. The third-order valence-corrected chi connectivity index (χ3v) is 3.55. The van der Waals surface area contributed by atoms with Crippen LogP contribution in [0.4, 0.5) is 0 Å². The number of nitrogens with one attached hydrogen (secondary N) is 1. The maximum atomic E-state index is 11.8. The molecule has 0 aromatic heterocycles. The average Bonchev–Trinajstić information content (AvgIpc) is 2.49. The molecule has 1 fully saturated rings. The van der Waals surface area contributed by atoms with Crippen molar-refractivity contribution < 1.29 is 28.7 Å². The quantitative estimate of drug-likeness (QED) is 0.711. The molecule has 1 aliphatic carbocycles. The van der Waals surface area contributed by atoms with Gasteiger partial charge in [0, 0.05) is 19.3 Å². The number of rotatable bonds is 6. The molecule has 0 heterocycles.